The first-order valence-electron chi connectivity index (χ1n) is 13.6. The molecular formula is C29H50O. The van der Waals surface area contributed by atoms with Crippen molar-refractivity contribution in [2.24, 2.45) is 52.3 Å². The van der Waals surface area contributed by atoms with E-state index < -0.39 is 0 Å². The van der Waals surface area contributed by atoms with Gasteiger partial charge in [-0.25, -0.2) is 0 Å². The minimum atomic E-state index is 0.359. The van der Waals surface area contributed by atoms with Crippen molar-refractivity contribution in [3.05, 3.63) is 11.6 Å². The van der Waals surface area contributed by atoms with Gasteiger partial charge in [0.25, 0.3) is 0 Å². The standard InChI is InChI=1S/C29H50O/c1-20(2)22(16-19-30)10-9-21(3)25-13-14-26-24-12-11-23-8-6-7-17-28(23,4)27(24)15-18-29(25,26)5/h11,20-22,24-27,30H,6-10,12-19H2,1-5H3/t21-,22-,24+,25-,26+,27+,28+,29-/m1/s1. The largest absolute Gasteiger partial charge is 0.396 e. The number of allylic oxidation sites excluding steroid dienone is 2. The molecule has 0 aliphatic heterocycles. The second-order valence-electron chi connectivity index (χ2n) is 12.8. The van der Waals surface area contributed by atoms with Gasteiger partial charge >= 0.3 is 0 Å². The van der Waals surface area contributed by atoms with Gasteiger partial charge in [-0.3, -0.25) is 0 Å². The molecule has 0 unspecified atom stereocenters. The molecule has 3 fully saturated rings. The van der Waals surface area contributed by atoms with Crippen LogP contribution in [0, 0.1) is 52.3 Å². The SMILES string of the molecule is CC(C)[C@@H](CCO)CC[C@@H](C)[C@H]1CC[C@H]2[C@@H]3CC=C4CCCC[C@]4(C)[C@H]3CC[C@]12C. The van der Waals surface area contributed by atoms with E-state index in [9.17, 15) is 5.11 Å². The van der Waals surface area contributed by atoms with Gasteiger partial charge in [0.1, 0.15) is 0 Å². The van der Waals surface area contributed by atoms with Crippen molar-refractivity contribution in [1.29, 1.82) is 0 Å². The molecule has 0 aromatic carbocycles. The predicted molar refractivity (Wildman–Crippen MR) is 128 cm³/mol. The van der Waals surface area contributed by atoms with Gasteiger partial charge in [0.05, 0.1) is 0 Å². The van der Waals surface area contributed by atoms with Crippen LogP contribution in [-0.4, -0.2) is 11.7 Å². The Kier molecular flexibility index (Phi) is 6.80. The summed E-state index contributed by atoms with van der Waals surface area (Å²) < 4.78 is 0. The maximum Gasteiger partial charge on any atom is 0.0433 e. The van der Waals surface area contributed by atoms with E-state index in [1.54, 1.807) is 0 Å². The lowest BCUT2D eigenvalue weighted by Crippen LogP contribution is -2.50. The lowest BCUT2D eigenvalue weighted by Gasteiger charge is -2.58. The van der Waals surface area contributed by atoms with Crippen LogP contribution in [0.5, 0.6) is 0 Å². The van der Waals surface area contributed by atoms with Gasteiger partial charge in [0.2, 0.25) is 0 Å². The number of rotatable bonds is 7. The molecule has 4 rings (SSSR count). The van der Waals surface area contributed by atoms with Crippen molar-refractivity contribution in [2.75, 3.05) is 6.61 Å². The van der Waals surface area contributed by atoms with Gasteiger partial charge in [-0.2, -0.15) is 0 Å². The molecule has 0 spiro atoms. The average molecular weight is 415 g/mol. The fourth-order valence-electron chi connectivity index (χ4n) is 9.33. The molecule has 0 aromatic rings. The van der Waals surface area contributed by atoms with E-state index in [1.165, 1.54) is 70.6 Å². The van der Waals surface area contributed by atoms with Crippen LogP contribution in [0.25, 0.3) is 0 Å². The molecule has 30 heavy (non-hydrogen) atoms. The van der Waals surface area contributed by atoms with Gasteiger partial charge < -0.3 is 5.11 Å². The molecule has 0 aromatic heterocycles. The number of aliphatic hydroxyl groups is 1. The molecule has 0 bridgehead atoms. The van der Waals surface area contributed by atoms with E-state index in [0.29, 0.717) is 29.3 Å². The van der Waals surface area contributed by atoms with Crippen LogP contribution in [-0.2, 0) is 0 Å². The van der Waals surface area contributed by atoms with Crippen LogP contribution in [0.1, 0.15) is 112 Å². The molecule has 1 heteroatoms. The van der Waals surface area contributed by atoms with Crippen LogP contribution in [0.2, 0.25) is 0 Å². The Hall–Kier alpha value is -0.300. The molecule has 0 amide bonds. The molecule has 0 radical (unpaired) electrons. The Morgan fingerprint density at radius 3 is 2.50 bits per heavy atom. The molecule has 3 saturated carbocycles. The third kappa shape index (κ3) is 3.84. The third-order valence-corrected chi connectivity index (χ3v) is 11.2. The van der Waals surface area contributed by atoms with Crippen molar-refractivity contribution < 1.29 is 5.11 Å². The zero-order valence-electron chi connectivity index (χ0n) is 20.8. The molecule has 8 atom stereocenters. The number of hydrogen-bond donors (Lipinski definition) is 1. The Labute approximate surface area is 187 Å². The molecule has 1 nitrogen and oxygen atoms in total. The number of aliphatic hydroxyl groups excluding tert-OH is 1. The summed E-state index contributed by atoms with van der Waals surface area (Å²) >= 11 is 0. The second kappa shape index (κ2) is 8.92. The summed E-state index contributed by atoms with van der Waals surface area (Å²) in [5, 5.41) is 9.47. The van der Waals surface area contributed by atoms with Gasteiger partial charge in [0.15, 0.2) is 0 Å². The summed E-state index contributed by atoms with van der Waals surface area (Å²) in [7, 11) is 0. The summed E-state index contributed by atoms with van der Waals surface area (Å²) in [5.41, 5.74) is 2.98. The molecule has 172 valence electrons. The van der Waals surface area contributed by atoms with E-state index in [1.807, 2.05) is 5.57 Å². The highest BCUT2D eigenvalue weighted by Crippen LogP contribution is 2.67. The van der Waals surface area contributed by atoms with E-state index in [0.717, 1.165) is 36.0 Å². The van der Waals surface area contributed by atoms with E-state index in [-0.39, 0.29) is 0 Å². The zero-order valence-corrected chi connectivity index (χ0v) is 20.8. The summed E-state index contributed by atoms with van der Waals surface area (Å²) in [6.45, 7) is 13.0. The second-order valence-corrected chi connectivity index (χ2v) is 12.8. The fraction of sp³-hybridized carbons (Fsp3) is 0.931. The van der Waals surface area contributed by atoms with Crippen LogP contribution in [0.4, 0.5) is 0 Å². The highest BCUT2D eigenvalue weighted by atomic mass is 16.3. The number of hydrogen-bond acceptors (Lipinski definition) is 1. The fourth-order valence-corrected chi connectivity index (χ4v) is 9.33. The third-order valence-electron chi connectivity index (χ3n) is 11.2. The Bertz CT molecular complexity index is 620. The normalized spacial score (nSPS) is 42.8. The van der Waals surface area contributed by atoms with Gasteiger partial charge in [-0.1, -0.05) is 59.1 Å². The minimum Gasteiger partial charge on any atom is -0.396 e. The molecular weight excluding hydrogens is 364 g/mol. The minimum absolute atomic E-state index is 0.359. The van der Waals surface area contributed by atoms with Crippen LogP contribution < -0.4 is 0 Å². The predicted octanol–water partition coefficient (Wildman–Crippen LogP) is 8.03. The molecule has 0 heterocycles. The van der Waals surface area contributed by atoms with E-state index in [2.05, 4.69) is 40.7 Å². The molecule has 4 aliphatic rings. The Morgan fingerprint density at radius 2 is 1.77 bits per heavy atom. The first kappa shape index (κ1) is 22.9. The lowest BCUT2D eigenvalue weighted by molar-refractivity contribution is -0.0503. The lowest BCUT2D eigenvalue weighted by atomic mass is 9.47. The van der Waals surface area contributed by atoms with Gasteiger partial charge in [0, 0.05) is 6.61 Å². The summed E-state index contributed by atoms with van der Waals surface area (Å²) in [6, 6.07) is 0. The first-order chi connectivity index (χ1) is 14.3. The highest BCUT2D eigenvalue weighted by molar-refractivity contribution is 5.24. The maximum absolute atomic E-state index is 9.47. The van der Waals surface area contributed by atoms with Gasteiger partial charge in [-0.05, 0) is 116 Å². The van der Waals surface area contributed by atoms with Crippen molar-refractivity contribution in [2.45, 2.75) is 112 Å². The quantitative estimate of drug-likeness (QED) is 0.418. The Balaban J connectivity index is 1.45. The van der Waals surface area contributed by atoms with Crippen LogP contribution >= 0.6 is 0 Å². The van der Waals surface area contributed by atoms with Crippen molar-refractivity contribution in [3.8, 4) is 0 Å². The summed E-state index contributed by atoms with van der Waals surface area (Å²) in [4.78, 5) is 0. The summed E-state index contributed by atoms with van der Waals surface area (Å²) in [6.07, 6.45) is 19.5. The number of fused-ring (bicyclic) bond motifs is 5. The monoisotopic (exact) mass is 414 g/mol. The van der Waals surface area contributed by atoms with Crippen molar-refractivity contribution >= 4 is 0 Å². The summed E-state index contributed by atoms with van der Waals surface area (Å²) in [5.74, 6) is 6.08. The van der Waals surface area contributed by atoms with Crippen LogP contribution in [0.3, 0.4) is 0 Å². The van der Waals surface area contributed by atoms with Crippen LogP contribution in [0.15, 0.2) is 11.6 Å². The Morgan fingerprint density at radius 1 is 0.967 bits per heavy atom. The molecule has 1 N–H and O–H groups in total. The van der Waals surface area contributed by atoms with E-state index in [4.69, 9.17) is 0 Å². The highest BCUT2D eigenvalue weighted by Gasteiger charge is 2.58. The van der Waals surface area contributed by atoms with Crippen molar-refractivity contribution in [3.63, 3.8) is 0 Å². The zero-order chi connectivity index (χ0) is 21.5. The first-order valence-corrected chi connectivity index (χ1v) is 13.6. The molecule has 0 saturated heterocycles. The van der Waals surface area contributed by atoms with Gasteiger partial charge in [-0.15, -0.1) is 0 Å². The maximum atomic E-state index is 9.47. The average Bonchev–Trinajstić information content (AvgIpc) is 3.07. The topological polar surface area (TPSA) is 20.2 Å². The van der Waals surface area contributed by atoms with Crippen molar-refractivity contribution in [1.82, 2.24) is 0 Å². The molecule has 4 aliphatic carbocycles. The van der Waals surface area contributed by atoms with E-state index >= 15 is 0 Å². The smallest absolute Gasteiger partial charge is 0.0433 e.